The monoisotopic (exact) mass is 262 g/mol. The maximum absolute atomic E-state index is 4.52. The van der Waals surface area contributed by atoms with Gasteiger partial charge in [0.2, 0.25) is 0 Å². The van der Waals surface area contributed by atoms with Gasteiger partial charge in [0.05, 0.1) is 0 Å². The van der Waals surface area contributed by atoms with E-state index in [4.69, 9.17) is 0 Å². The summed E-state index contributed by atoms with van der Waals surface area (Å²) in [6.45, 7) is 7.67. The van der Waals surface area contributed by atoms with E-state index in [0.717, 1.165) is 13.0 Å². The highest BCUT2D eigenvalue weighted by molar-refractivity contribution is 5.18. The van der Waals surface area contributed by atoms with Crippen LogP contribution in [0.25, 0.3) is 0 Å². The van der Waals surface area contributed by atoms with Crippen LogP contribution < -0.4 is 5.32 Å². The van der Waals surface area contributed by atoms with E-state index in [1.165, 1.54) is 49.8 Å². The summed E-state index contributed by atoms with van der Waals surface area (Å²) in [4.78, 5) is 4.52. The quantitative estimate of drug-likeness (QED) is 0.637. The summed E-state index contributed by atoms with van der Waals surface area (Å²) in [6.07, 6.45) is 11.0. The average molecular weight is 262 g/mol. The molecule has 0 aromatic carbocycles. The summed E-state index contributed by atoms with van der Waals surface area (Å²) >= 11 is 0. The van der Waals surface area contributed by atoms with Gasteiger partial charge in [-0.25, -0.2) is 0 Å². The molecular weight excluding hydrogens is 232 g/mol. The standard InChI is InChI=1S/C17H30N2/c1-4-6-7-8-9-12-16(18-5-2)14-17-15(3)11-10-13-19-17/h10-11,13,16,18H,4-9,12,14H2,1-3H3. The number of hydrogen-bond donors (Lipinski definition) is 1. The van der Waals surface area contributed by atoms with Crippen molar-refractivity contribution in [3.8, 4) is 0 Å². The average Bonchev–Trinajstić information content (AvgIpc) is 2.41. The lowest BCUT2D eigenvalue weighted by atomic mass is 10.0. The van der Waals surface area contributed by atoms with Crippen LogP contribution in [0.2, 0.25) is 0 Å². The molecule has 1 aromatic rings. The van der Waals surface area contributed by atoms with E-state index in [9.17, 15) is 0 Å². The first-order valence-corrected chi connectivity index (χ1v) is 7.91. The molecule has 108 valence electrons. The van der Waals surface area contributed by atoms with E-state index >= 15 is 0 Å². The third kappa shape index (κ3) is 6.72. The van der Waals surface area contributed by atoms with Crippen molar-refractivity contribution in [1.82, 2.24) is 10.3 Å². The molecule has 0 saturated heterocycles. The van der Waals surface area contributed by atoms with Crippen LogP contribution in [0, 0.1) is 6.92 Å². The molecular formula is C17H30N2. The molecule has 19 heavy (non-hydrogen) atoms. The molecule has 0 radical (unpaired) electrons. The molecule has 0 amide bonds. The number of likely N-dealkylation sites (N-methyl/N-ethyl adjacent to an activating group) is 1. The molecule has 1 aromatic heterocycles. The maximum Gasteiger partial charge on any atom is 0.0448 e. The molecule has 1 heterocycles. The van der Waals surface area contributed by atoms with Crippen molar-refractivity contribution in [1.29, 1.82) is 0 Å². The van der Waals surface area contributed by atoms with Crippen LogP contribution in [0.5, 0.6) is 0 Å². The number of unbranched alkanes of at least 4 members (excludes halogenated alkanes) is 4. The van der Waals surface area contributed by atoms with E-state index in [2.05, 4.69) is 37.1 Å². The molecule has 1 atom stereocenters. The van der Waals surface area contributed by atoms with E-state index in [-0.39, 0.29) is 0 Å². The van der Waals surface area contributed by atoms with Gasteiger partial charge in [0, 0.05) is 24.4 Å². The van der Waals surface area contributed by atoms with Gasteiger partial charge < -0.3 is 5.32 Å². The van der Waals surface area contributed by atoms with Crippen molar-refractivity contribution in [2.45, 2.75) is 71.8 Å². The minimum Gasteiger partial charge on any atom is -0.314 e. The number of hydrogen-bond acceptors (Lipinski definition) is 2. The number of aryl methyl sites for hydroxylation is 1. The Labute approximate surface area is 119 Å². The van der Waals surface area contributed by atoms with Crippen LogP contribution in [0.1, 0.15) is 63.6 Å². The number of nitrogens with one attached hydrogen (secondary N) is 1. The highest BCUT2D eigenvalue weighted by Crippen LogP contribution is 2.12. The first-order valence-electron chi connectivity index (χ1n) is 7.91. The van der Waals surface area contributed by atoms with Crippen molar-refractivity contribution in [3.05, 3.63) is 29.6 Å². The Morgan fingerprint density at radius 2 is 1.95 bits per heavy atom. The Morgan fingerprint density at radius 1 is 1.16 bits per heavy atom. The van der Waals surface area contributed by atoms with Crippen LogP contribution in [0.3, 0.4) is 0 Å². The van der Waals surface area contributed by atoms with E-state index in [0.29, 0.717) is 6.04 Å². The minimum atomic E-state index is 0.584. The van der Waals surface area contributed by atoms with Crippen molar-refractivity contribution < 1.29 is 0 Å². The van der Waals surface area contributed by atoms with Crippen LogP contribution in [0.4, 0.5) is 0 Å². The lowest BCUT2D eigenvalue weighted by Gasteiger charge is -2.18. The van der Waals surface area contributed by atoms with Gasteiger partial charge in [0.15, 0.2) is 0 Å². The first-order chi connectivity index (χ1) is 9.27. The molecule has 0 bridgehead atoms. The summed E-state index contributed by atoms with van der Waals surface area (Å²) in [5.41, 5.74) is 2.57. The fourth-order valence-corrected chi connectivity index (χ4v) is 2.52. The highest BCUT2D eigenvalue weighted by Gasteiger charge is 2.10. The fourth-order valence-electron chi connectivity index (χ4n) is 2.52. The molecule has 0 spiro atoms. The second-order valence-electron chi connectivity index (χ2n) is 5.43. The maximum atomic E-state index is 4.52. The zero-order valence-corrected chi connectivity index (χ0v) is 12.9. The van der Waals surface area contributed by atoms with Crippen molar-refractivity contribution >= 4 is 0 Å². The van der Waals surface area contributed by atoms with Gasteiger partial charge in [0.25, 0.3) is 0 Å². The molecule has 1 N–H and O–H groups in total. The van der Waals surface area contributed by atoms with Gasteiger partial charge in [-0.15, -0.1) is 0 Å². The molecule has 0 fully saturated rings. The largest absolute Gasteiger partial charge is 0.314 e. The van der Waals surface area contributed by atoms with Crippen LogP contribution in [-0.2, 0) is 6.42 Å². The Morgan fingerprint density at radius 3 is 2.63 bits per heavy atom. The SMILES string of the molecule is CCCCCCCC(Cc1ncccc1C)NCC. The number of rotatable bonds is 10. The van der Waals surface area contributed by atoms with Crippen LogP contribution >= 0.6 is 0 Å². The molecule has 0 aliphatic heterocycles. The minimum absolute atomic E-state index is 0.584. The summed E-state index contributed by atoms with van der Waals surface area (Å²) in [5, 5.41) is 3.61. The molecule has 1 rings (SSSR count). The normalized spacial score (nSPS) is 12.6. The molecule has 0 aliphatic carbocycles. The van der Waals surface area contributed by atoms with Gasteiger partial charge in [-0.05, 0) is 31.5 Å². The third-order valence-electron chi connectivity index (χ3n) is 3.71. The second kappa shape index (κ2) is 9.96. The molecule has 1 unspecified atom stereocenters. The van der Waals surface area contributed by atoms with Gasteiger partial charge in [-0.3, -0.25) is 4.98 Å². The van der Waals surface area contributed by atoms with Gasteiger partial charge in [-0.1, -0.05) is 52.0 Å². The molecule has 2 heteroatoms. The summed E-state index contributed by atoms with van der Waals surface area (Å²) in [6, 6.07) is 4.76. The molecule has 0 aliphatic rings. The van der Waals surface area contributed by atoms with E-state index in [1.807, 2.05) is 12.3 Å². The number of pyridine rings is 1. The highest BCUT2D eigenvalue weighted by atomic mass is 14.9. The van der Waals surface area contributed by atoms with Gasteiger partial charge in [-0.2, -0.15) is 0 Å². The van der Waals surface area contributed by atoms with E-state index in [1.54, 1.807) is 0 Å². The molecule has 0 saturated carbocycles. The molecule has 2 nitrogen and oxygen atoms in total. The zero-order valence-electron chi connectivity index (χ0n) is 12.9. The number of aromatic nitrogens is 1. The van der Waals surface area contributed by atoms with E-state index < -0.39 is 0 Å². The van der Waals surface area contributed by atoms with Gasteiger partial charge >= 0.3 is 0 Å². The zero-order chi connectivity index (χ0) is 13.9. The Hall–Kier alpha value is -0.890. The predicted molar refractivity (Wildman–Crippen MR) is 83.5 cm³/mol. The number of nitrogens with zero attached hydrogens (tertiary/aromatic N) is 1. The topological polar surface area (TPSA) is 24.9 Å². The van der Waals surface area contributed by atoms with Crippen molar-refractivity contribution in [2.24, 2.45) is 0 Å². The lowest BCUT2D eigenvalue weighted by Crippen LogP contribution is -2.31. The van der Waals surface area contributed by atoms with Crippen LogP contribution in [-0.4, -0.2) is 17.6 Å². The predicted octanol–water partition coefficient (Wildman–Crippen LogP) is 4.27. The van der Waals surface area contributed by atoms with Gasteiger partial charge in [0.1, 0.15) is 0 Å². The third-order valence-corrected chi connectivity index (χ3v) is 3.71. The lowest BCUT2D eigenvalue weighted by molar-refractivity contribution is 0.457. The second-order valence-corrected chi connectivity index (χ2v) is 5.43. The summed E-state index contributed by atoms with van der Waals surface area (Å²) in [7, 11) is 0. The summed E-state index contributed by atoms with van der Waals surface area (Å²) in [5.74, 6) is 0. The fraction of sp³-hybridized carbons (Fsp3) is 0.706. The van der Waals surface area contributed by atoms with Crippen LogP contribution in [0.15, 0.2) is 18.3 Å². The first kappa shape index (κ1) is 16.2. The Kier molecular flexibility index (Phi) is 8.48. The Bertz CT molecular complexity index is 336. The van der Waals surface area contributed by atoms with Crippen molar-refractivity contribution in [3.63, 3.8) is 0 Å². The Balaban J connectivity index is 2.37. The van der Waals surface area contributed by atoms with Crippen molar-refractivity contribution in [2.75, 3.05) is 6.54 Å². The summed E-state index contributed by atoms with van der Waals surface area (Å²) < 4.78 is 0. The smallest absolute Gasteiger partial charge is 0.0448 e.